The van der Waals surface area contributed by atoms with Gasteiger partial charge in [0.2, 0.25) is 6.23 Å². The maximum absolute atomic E-state index is 11.7. The third-order valence-electron chi connectivity index (χ3n) is 2.85. The van der Waals surface area contributed by atoms with Gasteiger partial charge in [0.1, 0.15) is 0 Å². The van der Waals surface area contributed by atoms with Crippen LogP contribution in [0.25, 0.3) is 10.4 Å². The minimum absolute atomic E-state index is 0.336. The second-order valence-corrected chi connectivity index (χ2v) is 3.96. The Kier molecular flexibility index (Phi) is 3.36. The van der Waals surface area contributed by atoms with E-state index in [4.69, 9.17) is 16.0 Å². The summed E-state index contributed by atoms with van der Waals surface area (Å²) in [6.07, 6.45) is -1.31. The van der Waals surface area contributed by atoms with Crippen LogP contribution in [0.5, 0.6) is 0 Å². The van der Waals surface area contributed by atoms with Gasteiger partial charge in [-0.3, -0.25) is 4.90 Å². The van der Waals surface area contributed by atoms with Crippen molar-refractivity contribution in [2.45, 2.75) is 25.7 Å². The van der Waals surface area contributed by atoms with Gasteiger partial charge in [-0.05, 0) is 35.3 Å². The van der Waals surface area contributed by atoms with E-state index < -0.39 is 12.3 Å². The molecule has 2 rings (SSSR count). The first-order valence-electron chi connectivity index (χ1n) is 5.50. The van der Waals surface area contributed by atoms with E-state index in [2.05, 4.69) is 10.0 Å². The van der Waals surface area contributed by atoms with Crippen LogP contribution in [0.3, 0.4) is 0 Å². The maximum Gasteiger partial charge on any atom is 0.415 e. The lowest BCUT2D eigenvalue weighted by Gasteiger charge is -2.19. The van der Waals surface area contributed by atoms with Crippen LogP contribution in [-0.2, 0) is 11.3 Å². The smallest absolute Gasteiger partial charge is 0.415 e. The van der Waals surface area contributed by atoms with Crippen molar-refractivity contribution in [3.05, 3.63) is 40.3 Å². The zero-order valence-corrected chi connectivity index (χ0v) is 9.85. The predicted octanol–water partition coefficient (Wildman–Crippen LogP) is 2.13. The molecule has 1 aliphatic rings. The molecular formula is C11H13N5O2. The molecule has 0 spiro atoms. The van der Waals surface area contributed by atoms with Gasteiger partial charge in [-0.1, -0.05) is 12.1 Å². The number of hydrogen-bond donors (Lipinski definition) is 1. The van der Waals surface area contributed by atoms with Crippen molar-refractivity contribution < 1.29 is 9.53 Å². The van der Waals surface area contributed by atoms with Crippen molar-refractivity contribution in [3.8, 4) is 0 Å². The van der Waals surface area contributed by atoms with Gasteiger partial charge >= 0.3 is 6.09 Å². The van der Waals surface area contributed by atoms with E-state index >= 15 is 0 Å². The average molecular weight is 247 g/mol. The Morgan fingerprint density at radius 1 is 1.50 bits per heavy atom. The van der Waals surface area contributed by atoms with Crippen molar-refractivity contribution in [3.63, 3.8) is 0 Å². The number of cyclic esters (lactones) is 1. The van der Waals surface area contributed by atoms with Crippen LogP contribution in [0.15, 0.2) is 29.4 Å². The molecule has 0 saturated carbocycles. The number of carbonyl (C=O) groups is 1. The summed E-state index contributed by atoms with van der Waals surface area (Å²) in [6.45, 7) is 2.21. The normalized spacial score (nSPS) is 22.6. The summed E-state index contributed by atoms with van der Waals surface area (Å²) < 4.78 is 4.98. The molecule has 0 aliphatic carbocycles. The molecule has 1 unspecified atom stereocenters. The van der Waals surface area contributed by atoms with Crippen LogP contribution in [0.1, 0.15) is 12.5 Å². The Morgan fingerprint density at radius 3 is 2.72 bits per heavy atom. The van der Waals surface area contributed by atoms with Crippen LogP contribution < -0.4 is 10.6 Å². The Hall–Kier alpha value is -2.24. The largest absolute Gasteiger partial charge is 0.437 e. The summed E-state index contributed by atoms with van der Waals surface area (Å²) in [6, 6.07) is 6.93. The van der Waals surface area contributed by atoms with Crippen LogP contribution in [0.2, 0.25) is 0 Å². The molecular weight excluding hydrogens is 234 g/mol. The fourth-order valence-electron chi connectivity index (χ4n) is 1.86. The molecule has 2 N–H and O–H groups in total. The highest BCUT2D eigenvalue weighted by atomic mass is 16.6. The number of azide groups is 1. The quantitative estimate of drug-likeness (QED) is 0.502. The summed E-state index contributed by atoms with van der Waals surface area (Å²) in [5.41, 5.74) is 15.6. The van der Waals surface area contributed by atoms with Crippen LogP contribution in [-0.4, -0.2) is 18.4 Å². The highest BCUT2D eigenvalue weighted by Crippen LogP contribution is 2.27. The summed E-state index contributed by atoms with van der Waals surface area (Å²) in [5, 5.41) is 3.44. The van der Waals surface area contributed by atoms with Gasteiger partial charge in [-0.2, -0.15) is 0 Å². The van der Waals surface area contributed by atoms with Gasteiger partial charge in [0.05, 0.1) is 6.04 Å². The van der Waals surface area contributed by atoms with Gasteiger partial charge in [0.25, 0.3) is 0 Å². The third kappa shape index (κ3) is 2.09. The van der Waals surface area contributed by atoms with E-state index in [1.807, 2.05) is 12.1 Å². The minimum Gasteiger partial charge on any atom is -0.437 e. The number of anilines is 1. The van der Waals surface area contributed by atoms with Crippen molar-refractivity contribution in [2.75, 3.05) is 4.90 Å². The van der Waals surface area contributed by atoms with E-state index in [9.17, 15) is 4.79 Å². The Bertz CT molecular complexity index is 495. The molecule has 1 amide bonds. The summed E-state index contributed by atoms with van der Waals surface area (Å²) >= 11 is 0. The third-order valence-corrected chi connectivity index (χ3v) is 2.85. The molecule has 1 heterocycles. The van der Waals surface area contributed by atoms with Gasteiger partial charge < -0.3 is 10.5 Å². The zero-order chi connectivity index (χ0) is 13.1. The number of amides is 1. The number of rotatable bonds is 3. The Morgan fingerprint density at radius 2 is 2.17 bits per heavy atom. The number of nitrogens with two attached hydrogens (primary N) is 1. The van der Waals surface area contributed by atoms with Gasteiger partial charge in [0.15, 0.2) is 0 Å². The van der Waals surface area contributed by atoms with Crippen LogP contribution in [0, 0.1) is 0 Å². The molecule has 1 fully saturated rings. The Labute approximate surface area is 104 Å². The van der Waals surface area contributed by atoms with E-state index in [0.29, 0.717) is 12.2 Å². The first kappa shape index (κ1) is 12.2. The number of benzene rings is 1. The number of carbonyl (C=O) groups excluding carboxylic acids is 1. The van der Waals surface area contributed by atoms with E-state index in [-0.39, 0.29) is 6.04 Å². The summed E-state index contributed by atoms with van der Waals surface area (Å²) in [5.74, 6) is 0. The number of hydrogen-bond acceptors (Lipinski definition) is 4. The fourth-order valence-corrected chi connectivity index (χ4v) is 1.86. The minimum atomic E-state index is -0.795. The highest BCUT2D eigenvalue weighted by molar-refractivity contribution is 5.90. The maximum atomic E-state index is 11.7. The molecule has 0 aromatic heterocycles. The van der Waals surface area contributed by atoms with E-state index in [1.165, 1.54) is 4.90 Å². The van der Waals surface area contributed by atoms with Crippen molar-refractivity contribution in [2.24, 2.45) is 10.8 Å². The van der Waals surface area contributed by atoms with E-state index in [1.54, 1.807) is 19.1 Å². The monoisotopic (exact) mass is 247 g/mol. The summed E-state index contributed by atoms with van der Waals surface area (Å²) in [4.78, 5) is 15.8. The van der Waals surface area contributed by atoms with Crippen molar-refractivity contribution in [1.29, 1.82) is 0 Å². The molecule has 1 aromatic carbocycles. The predicted molar refractivity (Wildman–Crippen MR) is 65.7 cm³/mol. The lowest BCUT2D eigenvalue weighted by atomic mass is 10.2. The lowest BCUT2D eigenvalue weighted by molar-refractivity contribution is 0.137. The molecule has 7 heteroatoms. The molecule has 2 atom stereocenters. The topological polar surface area (TPSA) is 104 Å². The molecule has 1 aliphatic heterocycles. The molecule has 18 heavy (non-hydrogen) atoms. The van der Waals surface area contributed by atoms with Gasteiger partial charge in [0, 0.05) is 17.1 Å². The molecule has 1 saturated heterocycles. The first-order chi connectivity index (χ1) is 8.67. The number of nitrogens with zero attached hydrogens (tertiary/aromatic N) is 4. The Balaban J connectivity index is 2.26. The second kappa shape index (κ2) is 4.95. The SMILES string of the molecule is C[C@@H]1C(N=[N+]=[N-])OC(=O)N1c1ccc(CN)cc1. The average Bonchev–Trinajstić information content (AvgIpc) is 2.65. The highest BCUT2D eigenvalue weighted by Gasteiger charge is 2.39. The molecule has 0 bridgehead atoms. The van der Waals surface area contributed by atoms with Crippen molar-refractivity contribution in [1.82, 2.24) is 0 Å². The molecule has 94 valence electrons. The van der Waals surface area contributed by atoms with Gasteiger partial charge in [-0.15, -0.1) is 0 Å². The van der Waals surface area contributed by atoms with Crippen LogP contribution in [0.4, 0.5) is 10.5 Å². The molecule has 0 radical (unpaired) electrons. The van der Waals surface area contributed by atoms with Crippen LogP contribution >= 0.6 is 0 Å². The zero-order valence-electron chi connectivity index (χ0n) is 9.85. The molecule has 7 nitrogen and oxygen atoms in total. The van der Waals surface area contributed by atoms with Gasteiger partial charge in [-0.25, -0.2) is 4.79 Å². The van der Waals surface area contributed by atoms with E-state index in [0.717, 1.165) is 5.56 Å². The first-order valence-corrected chi connectivity index (χ1v) is 5.50. The lowest BCUT2D eigenvalue weighted by Crippen LogP contribution is -2.33. The standard InChI is InChI=1S/C11H13N5O2/c1-7-10(14-15-13)18-11(17)16(7)9-4-2-8(6-12)3-5-9/h2-5,7,10H,6,12H2,1H3/t7-,10?/m1/s1. The second-order valence-electron chi connectivity index (χ2n) is 3.96. The molecule has 1 aromatic rings. The summed E-state index contributed by atoms with van der Waals surface area (Å²) in [7, 11) is 0. The van der Waals surface area contributed by atoms with Crippen molar-refractivity contribution >= 4 is 11.8 Å². The number of ether oxygens (including phenoxy) is 1. The fraction of sp³-hybridized carbons (Fsp3) is 0.364.